The van der Waals surface area contributed by atoms with Crippen LogP contribution in [0.25, 0.3) is 0 Å². The average molecular weight is 215 g/mol. The summed E-state index contributed by atoms with van der Waals surface area (Å²) in [6.45, 7) is 7.19. The lowest BCUT2D eigenvalue weighted by Gasteiger charge is -2.17. The molecule has 0 aliphatic carbocycles. The van der Waals surface area contributed by atoms with E-state index in [1.165, 1.54) is 0 Å². The lowest BCUT2D eigenvalue weighted by molar-refractivity contribution is -0.129. The normalized spacial score (nSPS) is 14.5. The van der Waals surface area contributed by atoms with Gasteiger partial charge in [0.2, 0.25) is 11.8 Å². The highest BCUT2D eigenvalue weighted by atomic mass is 16.2. The van der Waals surface area contributed by atoms with Crippen LogP contribution in [0.3, 0.4) is 0 Å². The highest BCUT2D eigenvalue weighted by molar-refractivity contribution is 5.89. The van der Waals surface area contributed by atoms with E-state index in [4.69, 9.17) is 5.73 Å². The fourth-order valence-corrected chi connectivity index (χ4v) is 0.981. The topological polar surface area (TPSA) is 84.2 Å². The molecule has 2 atom stereocenters. The summed E-state index contributed by atoms with van der Waals surface area (Å²) in [4.78, 5) is 22.8. The van der Waals surface area contributed by atoms with E-state index < -0.39 is 12.1 Å². The van der Waals surface area contributed by atoms with Gasteiger partial charge in [0.05, 0.1) is 6.04 Å². The van der Waals surface area contributed by atoms with Gasteiger partial charge in [-0.1, -0.05) is 6.92 Å². The van der Waals surface area contributed by atoms with Gasteiger partial charge in [0.15, 0.2) is 0 Å². The van der Waals surface area contributed by atoms with E-state index in [1.54, 1.807) is 6.92 Å². The Morgan fingerprint density at radius 1 is 1.13 bits per heavy atom. The number of rotatable bonds is 5. The van der Waals surface area contributed by atoms with Crippen molar-refractivity contribution >= 4 is 11.8 Å². The molecule has 4 N–H and O–H groups in total. The summed E-state index contributed by atoms with van der Waals surface area (Å²) in [5.41, 5.74) is 5.52. The third-order valence-corrected chi connectivity index (χ3v) is 1.96. The van der Waals surface area contributed by atoms with Crippen LogP contribution in [0.15, 0.2) is 0 Å². The van der Waals surface area contributed by atoms with Crippen molar-refractivity contribution in [2.45, 2.75) is 52.2 Å². The third-order valence-electron chi connectivity index (χ3n) is 1.96. The van der Waals surface area contributed by atoms with Gasteiger partial charge in [0.25, 0.3) is 0 Å². The van der Waals surface area contributed by atoms with E-state index in [9.17, 15) is 9.59 Å². The minimum Gasteiger partial charge on any atom is -0.352 e. The van der Waals surface area contributed by atoms with Crippen LogP contribution < -0.4 is 16.4 Å². The Morgan fingerprint density at radius 2 is 1.67 bits per heavy atom. The Balaban J connectivity index is 4.07. The summed E-state index contributed by atoms with van der Waals surface area (Å²) >= 11 is 0. The molecule has 0 spiro atoms. The smallest absolute Gasteiger partial charge is 0.242 e. The fraction of sp³-hybridized carbons (Fsp3) is 0.800. The zero-order valence-electron chi connectivity index (χ0n) is 9.83. The summed E-state index contributed by atoms with van der Waals surface area (Å²) in [5, 5.41) is 5.27. The summed E-state index contributed by atoms with van der Waals surface area (Å²) < 4.78 is 0. The molecular formula is C10H21N3O2. The summed E-state index contributed by atoms with van der Waals surface area (Å²) in [5.74, 6) is -0.481. The predicted octanol–water partition coefficient (Wildman–Crippen LogP) is -0.247. The lowest BCUT2D eigenvalue weighted by atomic mass is 10.2. The third kappa shape index (κ3) is 5.37. The standard InChI is InChI=1S/C10H21N3O2/c1-5-8(11)10(15)13-7(4)9(14)12-6(2)3/h6-8H,5,11H2,1-4H3,(H,12,14)(H,13,15)/t7?,8-/m1/s1. The Hall–Kier alpha value is -1.10. The van der Waals surface area contributed by atoms with Crippen LogP contribution in [0.1, 0.15) is 34.1 Å². The molecule has 0 fully saturated rings. The Bertz CT molecular complexity index is 229. The van der Waals surface area contributed by atoms with Crippen LogP contribution in [0.5, 0.6) is 0 Å². The molecule has 0 rings (SSSR count). The van der Waals surface area contributed by atoms with Crippen LogP contribution >= 0.6 is 0 Å². The van der Waals surface area contributed by atoms with Crippen LogP contribution in [0.4, 0.5) is 0 Å². The van der Waals surface area contributed by atoms with Gasteiger partial charge >= 0.3 is 0 Å². The number of hydrogen-bond acceptors (Lipinski definition) is 3. The molecule has 0 aromatic heterocycles. The van der Waals surface area contributed by atoms with E-state index in [0.29, 0.717) is 6.42 Å². The van der Waals surface area contributed by atoms with E-state index in [0.717, 1.165) is 0 Å². The molecule has 0 aliphatic heterocycles. The van der Waals surface area contributed by atoms with E-state index in [2.05, 4.69) is 10.6 Å². The maximum Gasteiger partial charge on any atom is 0.242 e. The van der Waals surface area contributed by atoms with Crippen molar-refractivity contribution in [1.29, 1.82) is 0 Å². The highest BCUT2D eigenvalue weighted by Gasteiger charge is 2.18. The molecule has 5 nitrogen and oxygen atoms in total. The van der Waals surface area contributed by atoms with Crippen molar-refractivity contribution < 1.29 is 9.59 Å². The number of amides is 2. The van der Waals surface area contributed by atoms with Crippen molar-refractivity contribution in [2.24, 2.45) is 5.73 Å². The second-order valence-electron chi connectivity index (χ2n) is 3.91. The molecule has 0 heterocycles. The van der Waals surface area contributed by atoms with Gasteiger partial charge < -0.3 is 16.4 Å². The zero-order valence-corrected chi connectivity index (χ0v) is 9.83. The SMILES string of the molecule is CC[C@@H](N)C(=O)NC(C)C(=O)NC(C)C. The first kappa shape index (κ1) is 13.9. The van der Waals surface area contributed by atoms with Crippen molar-refractivity contribution in [3.8, 4) is 0 Å². The maximum absolute atomic E-state index is 11.4. The van der Waals surface area contributed by atoms with Crippen LogP contribution in [0, 0.1) is 0 Å². The molecule has 0 radical (unpaired) electrons. The first-order valence-electron chi connectivity index (χ1n) is 5.24. The van der Waals surface area contributed by atoms with Gasteiger partial charge in [-0.2, -0.15) is 0 Å². The van der Waals surface area contributed by atoms with Gasteiger partial charge in [-0.15, -0.1) is 0 Å². The van der Waals surface area contributed by atoms with E-state index in [1.807, 2.05) is 20.8 Å². The summed E-state index contributed by atoms with van der Waals surface area (Å²) in [6.07, 6.45) is 0.560. The average Bonchev–Trinajstić information content (AvgIpc) is 2.15. The second-order valence-corrected chi connectivity index (χ2v) is 3.91. The number of nitrogens with two attached hydrogens (primary N) is 1. The van der Waals surface area contributed by atoms with E-state index in [-0.39, 0.29) is 17.9 Å². The van der Waals surface area contributed by atoms with Gasteiger partial charge in [0.1, 0.15) is 6.04 Å². The molecular weight excluding hydrogens is 194 g/mol. The zero-order chi connectivity index (χ0) is 12.0. The van der Waals surface area contributed by atoms with Gasteiger partial charge in [-0.25, -0.2) is 0 Å². The van der Waals surface area contributed by atoms with Gasteiger partial charge in [0, 0.05) is 6.04 Å². The largest absolute Gasteiger partial charge is 0.352 e. The molecule has 0 aromatic rings. The van der Waals surface area contributed by atoms with Crippen molar-refractivity contribution in [2.75, 3.05) is 0 Å². The van der Waals surface area contributed by atoms with Crippen LogP contribution in [-0.4, -0.2) is 29.9 Å². The fourth-order valence-electron chi connectivity index (χ4n) is 0.981. The van der Waals surface area contributed by atoms with Crippen molar-refractivity contribution in [3.63, 3.8) is 0 Å². The van der Waals surface area contributed by atoms with Crippen LogP contribution in [0.2, 0.25) is 0 Å². The summed E-state index contributed by atoms with van der Waals surface area (Å²) in [7, 11) is 0. The maximum atomic E-state index is 11.4. The first-order valence-corrected chi connectivity index (χ1v) is 5.24. The lowest BCUT2D eigenvalue weighted by Crippen LogP contribution is -2.51. The Labute approximate surface area is 90.8 Å². The number of carbonyl (C=O) groups excluding carboxylic acids is 2. The predicted molar refractivity (Wildman–Crippen MR) is 59.1 cm³/mol. The second kappa shape index (κ2) is 6.40. The molecule has 88 valence electrons. The Morgan fingerprint density at radius 3 is 2.07 bits per heavy atom. The molecule has 1 unspecified atom stereocenters. The highest BCUT2D eigenvalue weighted by Crippen LogP contribution is 1.90. The van der Waals surface area contributed by atoms with Crippen molar-refractivity contribution in [1.82, 2.24) is 10.6 Å². The molecule has 0 bridgehead atoms. The van der Waals surface area contributed by atoms with Crippen LogP contribution in [-0.2, 0) is 9.59 Å². The number of carbonyl (C=O) groups is 2. The number of nitrogens with one attached hydrogen (secondary N) is 2. The molecule has 0 saturated heterocycles. The molecule has 0 aliphatic rings. The molecule has 0 saturated carbocycles. The number of hydrogen-bond donors (Lipinski definition) is 3. The Kier molecular flexibility index (Phi) is 5.93. The minimum absolute atomic E-state index is 0.0664. The molecule has 0 aromatic carbocycles. The minimum atomic E-state index is -0.544. The van der Waals surface area contributed by atoms with E-state index >= 15 is 0 Å². The molecule has 15 heavy (non-hydrogen) atoms. The summed E-state index contributed by atoms with van der Waals surface area (Å²) in [6, 6.07) is -1.02. The van der Waals surface area contributed by atoms with Gasteiger partial charge in [-0.3, -0.25) is 9.59 Å². The molecule has 2 amide bonds. The van der Waals surface area contributed by atoms with Gasteiger partial charge in [-0.05, 0) is 27.2 Å². The monoisotopic (exact) mass is 215 g/mol. The molecule has 5 heteroatoms. The quantitative estimate of drug-likeness (QED) is 0.591. The first-order chi connectivity index (χ1) is 6.88. The van der Waals surface area contributed by atoms with Crippen molar-refractivity contribution in [3.05, 3.63) is 0 Å².